The van der Waals surface area contributed by atoms with Crippen LogP contribution < -0.4 is 14.2 Å². The summed E-state index contributed by atoms with van der Waals surface area (Å²) in [5.41, 5.74) is 6.81. The molecule has 476 valence electrons. The van der Waals surface area contributed by atoms with E-state index in [0.717, 1.165) is 80.3 Å². The Morgan fingerprint density at radius 3 is 1.24 bits per heavy atom. The summed E-state index contributed by atoms with van der Waals surface area (Å²) in [6.07, 6.45) is 30.9. The van der Waals surface area contributed by atoms with E-state index >= 15 is 8.78 Å². The van der Waals surface area contributed by atoms with Gasteiger partial charge >= 0.3 is 0 Å². The van der Waals surface area contributed by atoms with Crippen LogP contribution in [0, 0.1) is 17.6 Å². The SMILES string of the molecule is CCCCCCCCCCC(CCCCCCCC)COc1c(F)cc(-n2nc3c(-c4ccc(-c5ccc(CCCCCC)s5)s4)c4nc(-c5cccc(OC)c5)c(-c5cccc(OC)c5)nc4c(-c4ccc(-c5ccc(CCCCCC)s5)s4)c3n2)cc1F. The number of halogens is 2. The van der Waals surface area contributed by atoms with Crippen LogP contribution in [-0.4, -0.2) is 45.8 Å². The van der Waals surface area contributed by atoms with E-state index < -0.39 is 11.6 Å². The Morgan fingerprint density at radius 2 is 0.811 bits per heavy atom. The molecule has 1 unspecified atom stereocenters. The van der Waals surface area contributed by atoms with Crippen LogP contribution in [0.4, 0.5) is 8.78 Å². The number of unbranched alkanes of at least 4 members (excludes halogenated alkanes) is 18. The van der Waals surface area contributed by atoms with Crippen molar-refractivity contribution in [2.24, 2.45) is 5.92 Å². The summed E-state index contributed by atoms with van der Waals surface area (Å²) in [6, 6.07) is 36.2. The predicted molar refractivity (Wildman–Crippen MR) is 379 cm³/mol. The molecule has 0 saturated carbocycles. The maximum absolute atomic E-state index is 16.9. The molecule has 10 rings (SSSR count). The normalized spacial score (nSPS) is 12.0. The Bertz CT molecular complexity index is 3660. The molecule has 0 aliphatic rings. The van der Waals surface area contributed by atoms with Gasteiger partial charge in [-0.2, -0.15) is 4.80 Å². The summed E-state index contributed by atoms with van der Waals surface area (Å²) in [4.78, 5) is 22.2. The van der Waals surface area contributed by atoms with Gasteiger partial charge in [0.05, 0.1) is 37.9 Å². The van der Waals surface area contributed by atoms with Crippen LogP contribution in [0.25, 0.3) is 90.7 Å². The fraction of sp³-hybridized carbons (Fsp3) is 0.447. The minimum absolute atomic E-state index is 0.140. The van der Waals surface area contributed by atoms with E-state index in [4.69, 9.17) is 34.4 Å². The monoisotopic (exact) mass is 1290 g/mol. The first-order chi connectivity index (χ1) is 44.2. The quantitative estimate of drug-likeness (QED) is 0.0357. The third-order valence-electron chi connectivity index (χ3n) is 17.3. The fourth-order valence-corrected chi connectivity index (χ4v) is 16.6. The third kappa shape index (κ3) is 17.0. The van der Waals surface area contributed by atoms with Crippen LogP contribution >= 0.6 is 45.3 Å². The highest BCUT2D eigenvalue weighted by molar-refractivity contribution is 7.24. The number of ether oxygens (including phenoxy) is 3. The fourth-order valence-electron chi connectivity index (χ4n) is 12.2. The number of benzene rings is 4. The number of aromatic nitrogens is 5. The van der Waals surface area contributed by atoms with E-state index in [0.29, 0.717) is 45.0 Å². The molecule has 0 radical (unpaired) electrons. The molecule has 1 atom stereocenters. The molecule has 0 fully saturated rings. The third-order valence-corrected chi connectivity index (χ3v) is 22.2. The second-order valence-corrected chi connectivity index (χ2v) is 28.7. The highest BCUT2D eigenvalue weighted by atomic mass is 32.1. The van der Waals surface area contributed by atoms with Crippen molar-refractivity contribution in [1.29, 1.82) is 0 Å². The van der Waals surface area contributed by atoms with Gasteiger partial charge in [0.1, 0.15) is 33.6 Å². The van der Waals surface area contributed by atoms with Gasteiger partial charge in [-0.15, -0.1) is 55.5 Å². The maximum atomic E-state index is 16.9. The number of aryl methyl sites for hydroxylation is 2. The van der Waals surface area contributed by atoms with Gasteiger partial charge in [-0.3, -0.25) is 0 Å². The van der Waals surface area contributed by atoms with Gasteiger partial charge in [-0.05, 0) is 117 Å². The molecule has 0 N–H and O–H groups in total. The number of hydrogen-bond donors (Lipinski definition) is 0. The standard InChI is InChI=1S/C76H91F2N5O3S4/c1-7-11-15-19-21-22-24-26-32-52(31-25-23-20-16-12-8-2)51-86-76-60(77)49-55(50-61(76)78)83-81-74-68(66-45-43-64(89-66)62-41-39-58(87-62)37-27-17-13-9-3)72-73(69(75(74)82-83)67-46-44-65(90-67)63-42-40-59(88-63)38-28-18-14-10-4)80-71(54-34-30-36-57(48-54)85-6)70(79-72)53-33-29-35-56(47-53)84-5/h29-30,33-36,39-50,52H,7-28,31-32,37-38,51H2,1-6H3. The van der Waals surface area contributed by atoms with Gasteiger partial charge in [-0.25, -0.2) is 18.7 Å². The lowest BCUT2D eigenvalue weighted by Gasteiger charge is -2.19. The second-order valence-electron chi connectivity index (χ2n) is 24.2. The van der Waals surface area contributed by atoms with Gasteiger partial charge < -0.3 is 14.2 Å². The molecular weight excluding hydrogens is 1200 g/mol. The second kappa shape index (κ2) is 33.8. The molecule has 4 aromatic carbocycles. The topological polar surface area (TPSA) is 84.2 Å². The first-order valence-corrected chi connectivity index (χ1v) is 36.9. The zero-order valence-electron chi connectivity index (χ0n) is 53.9. The van der Waals surface area contributed by atoms with Crippen LogP contribution in [0.1, 0.15) is 192 Å². The van der Waals surface area contributed by atoms with Crippen molar-refractivity contribution in [1.82, 2.24) is 25.0 Å². The molecule has 6 heterocycles. The molecule has 90 heavy (non-hydrogen) atoms. The molecule has 0 amide bonds. The Balaban J connectivity index is 1.11. The first-order valence-electron chi connectivity index (χ1n) is 33.6. The van der Waals surface area contributed by atoms with Crippen molar-refractivity contribution in [2.75, 3.05) is 20.8 Å². The summed E-state index contributed by atoms with van der Waals surface area (Å²) in [5, 5.41) is 10.7. The highest BCUT2D eigenvalue weighted by Crippen LogP contribution is 2.50. The van der Waals surface area contributed by atoms with E-state index in [2.05, 4.69) is 76.2 Å². The molecule has 0 bridgehead atoms. The summed E-state index contributed by atoms with van der Waals surface area (Å²) in [5.74, 6) is -0.365. The average molecular weight is 1290 g/mol. The summed E-state index contributed by atoms with van der Waals surface area (Å²) < 4.78 is 51.7. The Morgan fingerprint density at radius 1 is 0.422 bits per heavy atom. The predicted octanol–water partition coefficient (Wildman–Crippen LogP) is 24.4. The van der Waals surface area contributed by atoms with Crippen molar-refractivity contribution in [3.05, 3.63) is 131 Å². The Hall–Kier alpha value is -6.32. The van der Waals surface area contributed by atoms with Crippen LogP contribution in [0.3, 0.4) is 0 Å². The number of hydrogen-bond acceptors (Lipinski definition) is 11. The van der Waals surface area contributed by atoms with Crippen molar-refractivity contribution < 1.29 is 23.0 Å². The lowest BCUT2D eigenvalue weighted by Crippen LogP contribution is -2.14. The van der Waals surface area contributed by atoms with Crippen molar-refractivity contribution in [3.63, 3.8) is 0 Å². The molecule has 0 aliphatic carbocycles. The number of thiophene rings is 4. The molecular formula is C76H91F2N5O3S4. The average Bonchev–Trinajstić information content (AvgIpc) is 1.43. The maximum Gasteiger partial charge on any atom is 0.190 e. The minimum atomic E-state index is -0.788. The van der Waals surface area contributed by atoms with Crippen molar-refractivity contribution in [3.8, 4) is 85.8 Å². The summed E-state index contributed by atoms with van der Waals surface area (Å²) in [6.45, 7) is 9.26. The van der Waals surface area contributed by atoms with E-state index in [-0.39, 0.29) is 24.0 Å². The zero-order chi connectivity index (χ0) is 62.6. The van der Waals surface area contributed by atoms with Gasteiger partial charge in [0.25, 0.3) is 0 Å². The van der Waals surface area contributed by atoms with E-state index in [1.807, 2.05) is 71.2 Å². The molecule has 0 saturated heterocycles. The first kappa shape index (κ1) is 66.6. The lowest BCUT2D eigenvalue weighted by molar-refractivity contribution is 0.208. The van der Waals surface area contributed by atoms with Crippen LogP contribution in [0.15, 0.2) is 109 Å². The van der Waals surface area contributed by atoms with Gasteiger partial charge in [-0.1, -0.05) is 180 Å². The zero-order valence-corrected chi connectivity index (χ0v) is 57.2. The minimum Gasteiger partial charge on any atom is -0.497 e. The van der Waals surface area contributed by atoms with Crippen LogP contribution in [0.2, 0.25) is 0 Å². The van der Waals surface area contributed by atoms with E-state index in [9.17, 15) is 0 Å². The molecule has 6 aromatic heterocycles. The summed E-state index contributed by atoms with van der Waals surface area (Å²) >= 11 is 7.04. The highest BCUT2D eigenvalue weighted by Gasteiger charge is 2.29. The molecule has 10 aromatic rings. The van der Waals surface area contributed by atoms with Crippen LogP contribution in [-0.2, 0) is 12.8 Å². The van der Waals surface area contributed by atoms with Gasteiger partial charge in [0.2, 0.25) is 0 Å². The molecule has 14 heteroatoms. The summed E-state index contributed by atoms with van der Waals surface area (Å²) in [7, 11) is 3.33. The van der Waals surface area contributed by atoms with E-state index in [1.165, 1.54) is 165 Å². The largest absolute Gasteiger partial charge is 0.497 e. The molecule has 8 nitrogen and oxygen atoms in total. The smallest absolute Gasteiger partial charge is 0.190 e. The van der Waals surface area contributed by atoms with Gasteiger partial charge in [0.15, 0.2) is 17.4 Å². The number of nitrogens with zero attached hydrogens (tertiary/aromatic N) is 5. The van der Waals surface area contributed by atoms with Crippen molar-refractivity contribution >= 4 is 67.4 Å². The molecule has 0 aliphatic heterocycles. The van der Waals surface area contributed by atoms with Crippen molar-refractivity contribution in [2.45, 2.75) is 195 Å². The Kier molecular flexibility index (Phi) is 25.0. The van der Waals surface area contributed by atoms with E-state index in [1.54, 1.807) is 36.9 Å². The Labute approximate surface area is 549 Å². The molecule has 0 spiro atoms. The number of fused-ring (bicyclic) bond motifs is 2. The number of rotatable bonds is 38. The van der Waals surface area contributed by atoms with Gasteiger partial charge in [0, 0.05) is 73.4 Å². The van der Waals surface area contributed by atoms with Crippen LogP contribution in [0.5, 0.6) is 17.2 Å². The number of methoxy groups -OCH3 is 2. The lowest BCUT2D eigenvalue weighted by atomic mass is 9.94.